The molecule has 6 heteroatoms. The molecule has 1 N–H and O–H groups in total. The van der Waals surface area contributed by atoms with Crippen LogP contribution in [0.15, 0.2) is 59.9 Å². The first-order valence-corrected chi connectivity index (χ1v) is 6.60. The van der Waals surface area contributed by atoms with Crippen molar-refractivity contribution in [2.45, 2.75) is 6.54 Å². The predicted octanol–water partition coefficient (Wildman–Crippen LogP) is 0.907. The zero-order valence-electron chi connectivity index (χ0n) is 11.1. The van der Waals surface area contributed by atoms with E-state index in [4.69, 9.17) is 0 Å². The number of H-pyrrole nitrogens is 1. The van der Waals surface area contributed by atoms with E-state index in [0.717, 1.165) is 11.1 Å². The zero-order chi connectivity index (χ0) is 14.2. The van der Waals surface area contributed by atoms with Gasteiger partial charge < -0.3 is 4.57 Å². The second-order valence-electron chi connectivity index (χ2n) is 4.81. The molecule has 1 aromatic carbocycles. The molecule has 6 nitrogen and oxygen atoms in total. The molecular formula is C15H12N5O+. The molecule has 0 atom stereocenters. The van der Waals surface area contributed by atoms with Gasteiger partial charge in [-0.25, -0.2) is 5.10 Å². The molecule has 0 amide bonds. The van der Waals surface area contributed by atoms with Crippen LogP contribution in [0.3, 0.4) is 0 Å². The molecule has 0 radical (unpaired) electrons. The van der Waals surface area contributed by atoms with E-state index < -0.39 is 0 Å². The number of fused-ring (bicyclic) bond motifs is 3. The van der Waals surface area contributed by atoms with Crippen molar-refractivity contribution in [3.63, 3.8) is 0 Å². The third kappa shape index (κ3) is 1.88. The molecule has 0 aliphatic carbocycles. The van der Waals surface area contributed by atoms with E-state index in [0.29, 0.717) is 17.7 Å². The average molecular weight is 278 g/mol. The smallest absolute Gasteiger partial charge is 0.310 e. The van der Waals surface area contributed by atoms with Gasteiger partial charge in [-0.1, -0.05) is 40.3 Å². The van der Waals surface area contributed by atoms with Crippen molar-refractivity contribution in [2.75, 3.05) is 0 Å². The Kier molecular flexibility index (Phi) is 2.53. The number of rotatable bonds is 2. The number of pyridine rings is 1. The van der Waals surface area contributed by atoms with Crippen LogP contribution in [0, 0.1) is 0 Å². The van der Waals surface area contributed by atoms with Crippen molar-refractivity contribution in [1.82, 2.24) is 19.6 Å². The lowest BCUT2D eigenvalue weighted by Gasteiger charge is -2.06. The van der Waals surface area contributed by atoms with Crippen LogP contribution in [0.5, 0.6) is 0 Å². The zero-order valence-corrected chi connectivity index (χ0v) is 11.1. The van der Waals surface area contributed by atoms with Crippen LogP contribution in [0.2, 0.25) is 0 Å². The van der Waals surface area contributed by atoms with Gasteiger partial charge in [0.2, 0.25) is 0 Å². The van der Waals surface area contributed by atoms with E-state index in [2.05, 4.69) is 15.1 Å². The lowest BCUT2D eigenvalue weighted by atomic mass is 10.2. The number of hydrogen-bond acceptors (Lipinski definition) is 3. The number of nitrogens with one attached hydrogen (secondary N) is 1. The van der Waals surface area contributed by atoms with Gasteiger partial charge in [0.15, 0.2) is 6.33 Å². The van der Waals surface area contributed by atoms with Crippen LogP contribution >= 0.6 is 0 Å². The Morgan fingerprint density at radius 3 is 2.86 bits per heavy atom. The summed E-state index contributed by atoms with van der Waals surface area (Å²) >= 11 is 0. The minimum Gasteiger partial charge on any atom is -0.310 e. The molecule has 4 rings (SSSR count). The van der Waals surface area contributed by atoms with E-state index in [1.807, 2.05) is 36.4 Å². The number of aromatic nitrogens is 5. The Hall–Kier alpha value is -3.02. The van der Waals surface area contributed by atoms with Gasteiger partial charge in [0.25, 0.3) is 5.56 Å². The number of hydrogen-bond donors (Lipinski definition) is 1. The average Bonchev–Trinajstić information content (AvgIpc) is 3.00. The molecule has 0 saturated heterocycles. The first-order valence-electron chi connectivity index (χ1n) is 6.60. The lowest BCUT2D eigenvalue weighted by molar-refractivity contribution is -0.551. The van der Waals surface area contributed by atoms with Crippen LogP contribution in [-0.4, -0.2) is 19.6 Å². The molecule has 0 aliphatic rings. The van der Waals surface area contributed by atoms with E-state index in [-0.39, 0.29) is 5.56 Å². The summed E-state index contributed by atoms with van der Waals surface area (Å²) in [4.78, 5) is 20.8. The van der Waals surface area contributed by atoms with Gasteiger partial charge in [0.05, 0.1) is 6.54 Å². The monoisotopic (exact) mass is 278 g/mol. The molecule has 0 fully saturated rings. The van der Waals surface area contributed by atoms with Crippen molar-refractivity contribution in [1.29, 1.82) is 0 Å². The molecule has 21 heavy (non-hydrogen) atoms. The van der Waals surface area contributed by atoms with Gasteiger partial charge in [0.1, 0.15) is 17.1 Å². The molecule has 4 aromatic rings. The summed E-state index contributed by atoms with van der Waals surface area (Å²) in [5, 5.41) is 3.52. The Bertz CT molecular complexity index is 987. The largest absolute Gasteiger partial charge is 0.457 e. The number of aromatic amines is 1. The first-order chi connectivity index (χ1) is 10.3. The maximum absolute atomic E-state index is 12.6. The normalized spacial score (nSPS) is 11.2. The Labute approximate surface area is 119 Å². The van der Waals surface area contributed by atoms with Crippen LogP contribution < -0.4 is 10.1 Å². The molecule has 0 bridgehead atoms. The van der Waals surface area contributed by atoms with Crippen molar-refractivity contribution in [3.8, 4) is 0 Å². The quantitative estimate of drug-likeness (QED) is 0.554. The van der Waals surface area contributed by atoms with Crippen molar-refractivity contribution in [3.05, 3.63) is 71.0 Å². The van der Waals surface area contributed by atoms with Gasteiger partial charge in [-0.15, -0.1) is 4.52 Å². The standard InChI is InChI=1S/C15H11N5O/c21-14-12-8-16-15-17-10-18-20(15)13(12)6-7-19(14)9-11-4-2-1-3-5-11/h1-8,10H,9H2/p+1. The summed E-state index contributed by atoms with van der Waals surface area (Å²) in [5.74, 6) is 0.544. The fourth-order valence-corrected chi connectivity index (χ4v) is 2.45. The Morgan fingerprint density at radius 2 is 2.00 bits per heavy atom. The highest BCUT2D eigenvalue weighted by atomic mass is 16.1. The highest BCUT2D eigenvalue weighted by molar-refractivity contribution is 5.73. The predicted molar refractivity (Wildman–Crippen MR) is 76.9 cm³/mol. The molecular weight excluding hydrogens is 266 g/mol. The van der Waals surface area contributed by atoms with Crippen molar-refractivity contribution >= 4 is 16.7 Å². The SMILES string of the molecule is O=c1c2cnc3nc[nH][n+]3c2ccn1Cc1ccccc1. The highest BCUT2D eigenvalue weighted by Gasteiger charge is 2.14. The number of benzene rings is 1. The van der Waals surface area contributed by atoms with Gasteiger partial charge in [-0.3, -0.25) is 4.79 Å². The van der Waals surface area contributed by atoms with Crippen LogP contribution in [0.25, 0.3) is 16.7 Å². The molecule has 0 unspecified atom stereocenters. The third-order valence-electron chi connectivity index (χ3n) is 3.49. The maximum Gasteiger partial charge on any atom is 0.457 e. The summed E-state index contributed by atoms with van der Waals surface area (Å²) in [6.45, 7) is 0.543. The molecule has 3 aromatic heterocycles. The van der Waals surface area contributed by atoms with Crippen LogP contribution in [-0.2, 0) is 6.54 Å². The van der Waals surface area contributed by atoms with E-state index in [1.165, 1.54) is 0 Å². The van der Waals surface area contributed by atoms with Gasteiger partial charge >= 0.3 is 5.78 Å². The summed E-state index contributed by atoms with van der Waals surface area (Å²) in [5.41, 5.74) is 1.79. The van der Waals surface area contributed by atoms with E-state index >= 15 is 0 Å². The van der Waals surface area contributed by atoms with Crippen molar-refractivity contribution in [2.24, 2.45) is 0 Å². The molecule has 102 valence electrons. The summed E-state index contributed by atoms with van der Waals surface area (Å²) in [7, 11) is 0. The van der Waals surface area contributed by atoms with Crippen molar-refractivity contribution < 1.29 is 4.52 Å². The van der Waals surface area contributed by atoms with Crippen LogP contribution in [0.4, 0.5) is 0 Å². The second-order valence-corrected chi connectivity index (χ2v) is 4.81. The number of nitrogens with zero attached hydrogens (tertiary/aromatic N) is 4. The lowest BCUT2D eigenvalue weighted by Crippen LogP contribution is -2.30. The van der Waals surface area contributed by atoms with Crippen LogP contribution in [0.1, 0.15) is 5.56 Å². The fraction of sp³-hybridized carbons (Fsp3) is 0.0667. The Balaban J connectivity index is 1.90. The van der Waals surface area contributed by atoms with Gasteiger partial charge in [-0.05, 0) is 11.6 Å². The summed E-state index contributed by atoms with van der Waals surface area (Å²) in [6.07, 6.45) is 4.93. The summed E-state index contributed by atoms with van der Waals surface area (Å²) in [6, 6.07) is 11.8. The summed E-state index contributed by atoms with van der Waals surface area (Å²) < 4.78 is 3.38. The molecule has 3 heterocycles. The van der Waals surface area contributed by atoms with E-state index in [9.17, 15) is 4.79 Å². The Morgan fingerprint density at radius 1 is 1.14 bits per heavy atom. The van der Waals surface area contributed by atoms with Gasteiger partial charge in [0, 0.05) is 6.20 Å². The minimum atomic E-state index is -0.0622. The minimum absolute atomic E-state index is 0.0622. The maximum atomic E-state index is 12.6. The molecule has 0 aliphatic heterocycles. The van der Waals surface area contributed by atoms with E-state index in [1.54, 1.807) is 27.8 Å². The topological polar surface area (TPSA) is 67.7 Å². The van der Waals surface area contributed by atoms with Gasteiger partial charge in [-0.2, -0.15) is 0 Å². The first kappa shape index (κ1) is 11.8. The molecule has 0 saturated carbocycles. The second kappa shape index (κ2) is 4.52. The highest BCUT2D eigenvalue weighted by Crippen LogP contribution is 2.05. The fourth-order valence-electron chi connectivity index (χ4n) is 2.45. The molecule has 0 spiro atoms. The third-order valence-corrected chi connectivity index (χ3v) is 3.49.